The van der Waals surface area contributed by atoms with Crippen molar-refractivity contribution in [3.63, 3.8) is 0 Å². The van der Waals surface area contributed by atoms with Crippen LogP contribution in [0.3, 0.4) is 0 Å². The van der Waals surface area contributed by atoms with Gasteiger partial charge in [-0.15, -0.1) is 0 Å². The topological polar surface area (TPSA) is 61.8 Å². The van der Waals surface area contributed by atoms with Gasteiger partial charge in [0.25, 0.3) is 0 Å². The third kappa shape index (κ3) is 3.70. The first kappa shape index (κ1) is 15.5. The molecule has 0 radical (unpaired) electrons. The number of rotatable bonds is 5. The summed E-state index contributed by atoms with van der Waals surface area (Å²) in [7, 11) is 2.14. The predicted molar refractivity (Wildman–Crippen MR) is 79.5 cm³/mol. The predicted octanol–water partition coefficient (Wildman–Crippen LogP) is 2.71. The van der Waals surface area contributed by atoms with E-state index in [9.17, 15) is 0 Å². The molecule has 19 heavy (non-hydrogen) atoms. The molecule has 0 fully saturated rings. The summed E-state index contributed by atoms with van der Waals surface area (Å²) in [4.78, 5) is 2.35. The van der Waals surface area contributed by atoms with E-state index >= 15 is 0 Å². The Morgan fingerprint density at radius 2 is 2.05 bits per heavy atom. The van der Waals surface area contributed by atoms with E-state index in [1.807, 2.05) is 18.2 Å². The Morgan fingerprint density at radius 3 is 2.53 bits per heavy atom. The Labute approximate surface area is 115 Å². The number of hydrogen-bond acceptors (Lipinski definition) is 3. The molecule has 0 amide bonds. The molecule has 106 valence electrons. The Balaban J connectivity index is 2.93. The van der Waals surface area contributed by atoms with Gasteiger partial charge in [-0.1, -0.05) is 24.2 Å². The summed E-state index contributed by atoms with van der Waals surface area (Å²) in [6.07, 6.45) is 1.10. The largest absolute Gasteiger partial charge is 0.409 e. The number of nitrogens with two attached hydrogens (primary N) is 1. The number of amidine groups is 1. The average Bonchev–Trinajstić information content (AvgIpc) is 2.39. The van der Waals surface area contributed by atoms with Crippen LogP contribution in [-0.4, -0.2) is 28.5 Å². The van der Waals surface area contributed by atoms with E-state index in [1.54, 1.807) is 0 Å². The number of aryl methyl sites for hydroxylation is 1. The molecule has 1 aromatic carbocycles. The second-order valence-corrected chi connectivity index (χ2v) is 5.65. The van der Waals surface area contributed by atoms with Gasteiger partial charge in [0.1, 0.15) is 0 Å². The minimum Gasteiger partial charge on any atom is -0.409 e. The highest BCUT2D eigenvalue weighted by molar-refractivity contribution is 5.97. The van der Waals surface area contributed by atoms with Crippen LogP contribution >= 0.6 is 0 Å². The quantitative estimate of drug-likeness (QED) is 0.371. The van der Waals surface area contributed by atoms with Gasteiger partial charge in [0.15, 0.2) is 5.84 Å². The molecule has 0 heterocycles. The molecule has 1 rings (SSSR count). The van der Waals surface area contributed by atoms with Crippen molar-refractivity contribution in [1.29, 1.82) is 0 Å². The van der Waals surface area contributed by atoms with Gasteiger partial charge >= 0.3 is 0 Å². The number of benzene rings is 1. The SMILES string of the molecule is CCC(C)(C)N(C)Cc1ccc(/C(N)=N/O)cc1C. The lowest BCUT2D eigenvalue weighted by Gasteiger charge is -2.35. The van der Waals surface area contributed by atoms with E-state index in [0.29, 0.717) is 0 Å². The summed E-state index contributed by atoms with van der Waals surface area (Å²) in [5.41, 5.74) is 8.94. The highest BCUT2D eigenvalue weighted by atomic mass is 16.4. The summed E-state index contributed by atoms with van der Waals surface area (Å²) < 4.78 is 0. The molecular weight excluding hydrogens is 238 g/mol. The molecule has 0 atom stereocenters. The summed E-state index contributed by atoms with van der Waals surface area (Å²) >= 11 is 0. The Bertz CT molecular complexity index is 466. The number of nitrogens with zero attached hydrogens (tertiary/aromatic N) is 2. The first-order chi connectivity index (χ1) is 8.81. The number of hydrogen-bond donors (Lipinski definition) is 2. The third-order valence-electron chi connectivity index (χ3n) is 4.05. The van der Waals surface area contributed by atoms with Crippen molar-refractivity contribution in [3.05, 3.63) is 34.9 Å². The normalized spacial score (nSPS) is 13.1. The van der Waals surface area contributed by atoms with Gasteiger partial charge in [-0.2, -0.15) is 0 Å². The second kappa shape index (κ2) is 6.06. The van der Waals surface area contributed by atoms with Crippen LogP contribution in [0.1, 0.15) is 43.9 Å². The fourth-order valence-corrected chi connectivity index (χ4v) is 1.83. The molecule has 0 aliphatic carbocycles. The summed E-state index contributed by atoms with van der Waals surface area (Å²) in [6.45, 7) is 9.63. The third-order valence-corrected chi connectivity index (χ3v) is 4.05. The van der Waals surface area contributed by atoms with Crippen molar-refractivity contribution in [2.24, 2.45) is 10.9 Å². The van der Waals surface area contributed by atoms with Crippen LogP contribution in [0.2, 0.25) is 0 Å². The molecule has 3 N–H and O–H groups in total. The molecule has 0 aromatic heterocycles. The van der Waals surface area contributed by atoms with Crippen molar-refractivity contribution in [2.45, 2.75) is 46.2 Å². The van der Waals surface area contributed by atoms with Crippen LogP contribution < -0.4 is 5.73 Å². The van der Waals surface area contributed by atoms with E-state index in [0.717, 1.165) is 24.1 Å². The zero-order chi connectivity index (χ0) is 14.6. The standard InChI is InChI=1S/C15H25N3O/c1-6-15(3,4)18(5)10-13-8-7-12(9-11(13)2)14(16)17-19/h7-9,19H,6,10H2,1-5H3,(H2,16,17). The molecule has 4 heteroatoms. The first-order valence-corrected chi connectivity index (χ1v) is 6.60. The highest BCUT2D eigenvalue weighted by Crippen LogP contribution is 2.21. The van der Waals surface area contributed by atoms with Crippen molar-refractivity contribution in [3.8, 4) is 0 Å². The van der Waals surface area contributed by atoms with E-state index in [-0.39, 0.29) is 11.4 Å². The van der Waals surface area contributed by atoms with Gasteiger partial charge in [-0.05, 0) is 51.4 Å². The zero-order valence-corrected chi connectivity index (χ0v) is 12.6. The van der Waals surface area contributed by atoms with Gasteiger partial charge in [0.2, 0.25) is 0 Å². The first-order valence-electron chi connectivity index (χ1n) is 6.60. The number of oxime groups is 1. The van der Waals surface area contributed by atoms with E-state index in [2.05, 4.69) is 44.8 Å². The van der Waals surface area contributed by atoms with Crippen molar-refractivity contribution in [2.75, 3.05) is 7.05 Å². The second-order valence-electron chi connectivity index (χ2n) is 5.65. The van der Waals surface area contributed by atoms with Crippen LogP contribution in [0, 0.1) is 6.92 Å². The van der Waals surface area contributed by atoms with Gasteiger partial charge in [-0.25, -0.2) is 0 Å². The maximum atomic E-state index is 8.69. The smallest absolute Gasteiger partial charge is 0.170 e. The lowest BCUT2D eigenvalue weighted by Crippen LogP contribution is -2.39. The highest BCUT2D eigenvalue weighted by Gasteiger charge is 2.21. The molecule has 0 aliphatic rings. The maximum Gasteiger partial charge on any atom is 0.170 e. The van der Waals surface area contributed by atoms with Crippen molar-refractivity contribution < 1.29 is 5.21 Å². The maximum absolute atomic E-state index is 8.69. The van der Waals surface area contributed by atoms with Gasteiger partial charge in [0.05, 0.1) is 0 Å². The minimum absolute atomic E-state index is 0.150. The molecule has 0 saturated heterocycles. The van der Waals surface area contributed by atoms with Crippen LogP contribution in [0.4, 0.5) is 0 Å². The molecule has 0 aliphatic heterocycles. The molecule has 4 nitrogen and oxygen atoms in total. The Kier molecular flexibility index (Phi) is 4.95. The average molecular weight is 263 g/mol. The van der Waals surface area contributed by atoms with Crippen LogP contribution in [0.15, 0.2) is 23.4 Å². The Hall–Kier alpha value is -1.55. The molecule has 0 unspecified atom stereocenters. The van der Waals surface area contributed by atoms with Crippen LogP contribution in [0.25, 0.3) is 0 Å². The lowest BCUT2D eigenvalue weighted by atomic mass is 9.97. The Morgan fingerprint density at radius 1 is 1.42 bits per heavy atom. The van der Waals surface area contributed by atoms with Gasteiger partial charge < -0.3 is 10.9 Å². The molecule has 0 bridgehead atoms. The summed E-state index contributed by atoms with van der Waals surface area (Å²) in [5, 5.41) is 11.7. The zero-order valence-electron chi connectivity index (χ0n) is 12.6. The van der Waals surface area contributed by atoms with E-state index in [4.69, 9.17) is 10.9 Å². The molecule has 0 saturated carbocycles. The van der Waals surface area contributed by atoms with Crippen LogP contribution in [-0.2, 0) is 6.54 Å². The lowest BCUT2D eigenvalue weighted by molar-refractivity contribution is 0.143. The molecule has 1 aromatic rings. The van der Waals surface area contributed by atoms with Crippen molar-refractivity contribution in [1.82, 2.24) is 4.90 Å². The van der Waals surface area contributed by atoms with Gasteiger partial charge in [-0.3, -0.25) is 4.90 Å². The minimum atomic E-state index is 0.150. The monoisotopic (exact) mass is 263 g/mol. The van der Waals surface area contributed by atoms with Crippen LogP contribution in [0.5, 0.6) is 0 Å². The fraction of sp³-hybridized carbons (Fsp3) is 0.533. The summed E-state index contributed by atoms with van der Waals surface area (Å²) in [5.74, 6) is 0.150. The van der Waals surface area contributed by atoms with Gasteiger partial charge in [0, 0.05) is 17.6 Å². The fourth-order valence-electron chi connectivity index (χ4n) is 1.83. The summed E-state index contributed by atoms with van der Waals surface area (Å²) in [6, 6.07) is 5.90. The van der Waals surface area contributed by atoms with E-state index in [1.165, 1.54) is 5.56 Å². The van der Waals surface area contributed by atoms with E-state index < -0.39 is 0 Å². The van der Waals surface area contributed by atoms with Crippen molar-refractivity contribution >= 4 is 5.84 Å². The molecular formula is C15H25N3O. The molecule has 0 spiro atoms.